The third-order valence-corrected chi connectivity index (χ3v) is 2.50. The van der Waals surface area contributed by atoms with Crippen LogP contribution >= 0.6 is 28.3 Å². The van der Waals surface area contributed by atoms with Gasteiger partial charge in [-0.3, -0.25) is 0 Å². The van der Waals surface area contributed by atoms with Crippen molar-refractivity contribution in [3.05, 3.63) is 28.7 Å². The van der Waals surface area contributed by atoms with Gasteiger partial charge in [0.15, 0.2) is 0 Å². The maximum absolute atomic E-state index is 3.49. The second-order valence-electron chi connectivity index (χ2n) is 2.90. The van der Waals surface area contributed by atoms with E-state index in [9.17, 15) is 0 Å². The zero-order valence-corrected chi connectivity index (χ0v) is 8.99. The molecule has 1 aliphatic carbocycles. The monoisotopic (exact) mass is 247 g/mol. The molecule has 1 aromatic carbocycles. The number of anilines is 1. The average Bonchev–Trinajstić information content (AvgIpc) is 2.78. The van der Waals surface area contributed by atoms with Gasteiger partial charge in [-0.2, -0.15) is 0 Å². The summed E-state index contributed by atoms with van der Waals surface area (Å²) in [5, 5.41) is 3.44. The van der Waals surface area contributed by atoms with E-state index in [-0.39, 0.29) is 12.4 Å². The van der Waals surface area contributed by atoms with E-state index in [0.717, 1.165) is 10.5 Å². The van der Waals surface area contributed by atoms with Gasteiger partial charge in [0, 0.05) is 16.2 Å². The molecule has 1 aromatic rings. The van der Waals surface area contributed by atoms with Gasteiger partial charge in [0.05, 0.1) is 0 Å². The van der Waals surface area contributed by atoms with Crippen molar-refractivity contribution < 1.29 is 0 Å². The van der Waals surface area contributed by atoms with Crippen LogP contribution in [0, 0.1) is 0 Å². The Balaban J connectivity index is 0.000000720. The summed E-state index contributed by atoms with van der Waals surface area (Å²) in [5.74, 6) is 0. The van der Waals surface area contributed by atoms with Gasteiger partial charge < -0.3 is 5.32 Å². The maximum Gasteiger partial charge on any atom is 0.0486 e. The van der Waals surface area contributed by atoms with Gasteiger partial charge in [0.1, 0.15) is 0 Å². The van der Waals surface area contributed by atoms with Crippen molar-refractivity contribution in [3.63, 3.8) is 0 Å². The highest BCUT2D eigenvalue weighted by atomic mass is 79.9. The molecule has 0 heterocycles. The summed E-state index contributed by atoms with van der Waals surface area (Å²) in [6, 6.07) is 8.97. The lowest BCUT2D eigenvalue weighted by atomic mass is 10.3. The minimum absolute atomic E-state index is 0. The largest absolute Gasteiger partial charge is 0.381 e. The zero-order valence-electron chi connectivity index (χ0n) is 6.59. The van der Waals surface area contributed by atoms with Crippen LogP contribution in [-0.2, 0) is 0 Å². The van der Waals surface area contributed by atoms with Crippen molar-refractivity contribution in [1.29, 1.82) is 0 Å². The first-order chi connectivity index (χ1) is 5.36. The van der Waals surface area contributed by atoms with Gasteiger partial charge in [0.25, 0.3) is 0 Å². The lowest BCUT2D eigenvalue weighted by Crippen LogP contribution is -2.00. The fourth-order valence-electron chi connectivity index (χ4n) is 1.03. The van der Waals surface area contributed by atoms with Gasteiger partial charge in [-0.05, 0) is 40.9 Å². The van der Waals surface area contributed by atoms with E-state index in [2.05, 4.69) is 39.4 Å². The van der Waals surface area contributed by atoms with Crippen LogP contribution in [0.4, 0.5) is 5.69 Å². The van der Waals surface area contributed by atoms with Crippen molar-refractivity contribution in [1.82, 2.24) is 0 Å². The summed E-state index contributed by atoms with van der Waals surface area (Å²) in [6.07, 6.45) is 2.64. The predicted octanol–water partition coefficient (Wildman–Crippen LogP) is 3.45. The molecule has 12 heavy (non-hydrogen) atoms. The van der Waals surface area contributed by atoms with Gasteiger partial charge >= 0.3 is 0 Å². The SMILES string of the molecule is Brc1ccccc1NC1CC1.Cl. The van der Waals surface area contributed by atoms with Crippen LogP contribution < -0.4 is 5.32 Å². The van der Waals surface area contributed by atoms with E-state index < -0.39 is 0 Å². The molecule has 0 amide bonds. The molecule has 66 valence electrons. The molecule has 1 aliphatic rings. The summed E-state index contributed by atoms with van der Waals surface area (Å²) in [5.41, 5.74) is 1.22. The smallest absolute Gasteiger partial charge is 0.0486 e. The van der Waals surface area contributed by atoms with Crippen LogP contribution in [-0.4, -0.2) is 6.04 Å². The molecule has 2 rings (SSSR count). The fraction of sp³-hybridized carbons (Fsp3) is 0.333. The van der Waals surface area contributed by atoms with Crippen molar-refractivity contribution in [3.8, 4) is 0 Å². The predicted molar refractivity (Wildman–Crippen MR) is 58.0 cm³/mol. The van der Waals surface area contributed by atoms with Crippen LogP contribution in [0.25, 0.3) is 0 Å². The molecule has 1 N–H and O–H groups in total. The fourth-order valence-corrected chi connectivity index (χ4v) is 1.43. The first kappa shape index (κ1) is 9.87. The highest BCUT2D eigenvalue weighted by Gasteiger charge is 2.21. The first-order valence-corrected chi connectivity index (χ1v) is 4.66. The molecule has 1 saturated carbocycles. The highest BCUT2D eigenvalue weighted by Crippen LogP contribution is 2.28. The summed E-state index contributed by atoms with van der Waals surface area (Å²) in [7, 11) is 0. The van der Waals surface area contributed by atoms with Crippen LogP contribution in [0.5, 0.6) is 0 Å². The van der Waals surface area contributed by atoms with Crippen LogP contribution in [0.2, 0.25) is 0 Å². The Kier molecular flexibility index (Phi) is 3.41. The maximum atomic E-state index is 3.49. The molecule has 0 aliphatic heterocycles. The van der Waals surface area contributed by atoms with E-state index in [1.54, 1.807) is 0 Å². The zero-order chi connectivity index (χ0) is 7.68. The van der Waals surface area contributed by atoms with E-state index in [1.165, 1.54) is 18.5 Å². The van der Waals surface area contributed by atoms with E-state index in [0.29, 0.717) is 0 Å². The lowest BCUT2D eigenvalue weighted by Gasteiger charge is -2.05. The second-order valence-corrected chi connectivity index (χ2v) is 3.75. The summed E-state index contributed by atoms with van der Waals surface area (Å²) in [4.78, 5) is 0. The summed E-state index contributed by atoms with van der Waals surface area (Å²) >= 11 is 3.49. The Morgan fingerprint density at radius 1 is 1.25 bits per heavy atom. The number of benzene rings is 1. The summed E-state index contributed by atoms with van der Waals surface area (Å²) < 4.78 is 1.16. The van der Waals surface area contributed by atoms with Crippen LogP contribution in [0.1, 0.15) is 12.8 Å². The summed E-state index contributed by atoms with van der Waals surface area (Å²) in [6.45, 7) is 0. The minimum Gasteiger partial charge on any atom is -0.381 e. The van der Waals surface area contributed by atoms with Crippen molar-refractivity contribution in [2.24, 2.45) is 0 Å². The standard InChI is InChI=1S/C9H10BrN.ClH/c10-8-3-1-2-4-9(8)11-7-5-6-7;/h1-4,7,11H,5-6H2;1H. The molecule has 1 nitrogen and oxygen atoms in total. The van der Waals surface area contributed by atoms with Crippen LogP contribution in [0.3, 0.4) is 0 Å². The normalized spacial score (nSPS) is 15.1. The molecular weight excluding hydrogens is 237 g/mol. The Morgan fingerprint density at radius 2 is 1.92 bits per heavy atom. The van der Waals surface area contributed by atoms with Crippen molar-refractivity contribution in [2.45, 2.75) is 18.9 Å². The van der Waals surface area contributed by atoms with E-state index in [4.69, 9.17) is 0 Å². The molecule has 0 aromatic heterocycles. The Labute approximate surface area is 87.1 Å². The van der Waals surface area contributed by atoms with Gasteiger partial charge in [-0.1, -0.05) is 12.1 Å². The molecular formula is C9H11BrClN. The molecule has 0 unspecified atom stereocenters. The average molecular weight is 249 g/mol. The number of nitrogens with one attached hydrogen (secondary N) is 1. The number of halogens is 2. The third kappa shape index (κ3) is 2.39. The van der Waals surface area contributed by atoms with Crippen molar-refractivity contribution >= 4 is 34.0 Å². The Hall–Kier alpha value is -0.210. The number of hydrogen-bond donors (Lipinski definition) is 1. The van der Waals surface area contributed by atoms with Gasteiger partial charge in [-0.25, -0.2) is 0 Å². The van der Waals surface area contributed by atoms with E-state index in [1.807, 2.05) is 6.07 Å². The quantitative estimate of drug-likeness (QED) is 0.845. The molecule has 0 saturated heterocycles. The molecule has 0 atom stereocenters. The minimum atomic E-state index is 0. The molecule has 1 fully saturated rings. The first-order valence-electron chi connectivity index (χ1n) is 3.87. The molecule has 0 bridgehead atoms. The molecule has 0 spiro atoms. The molecule has 0 radical (unpaired) electrons. The highest BCUT2D eigenvalue weighted by molar-refractivity contribution is 9.10. The number of para-hydroxylation sites is 1. The molecule has 3 heteroatoms. The lowest BCUT2D eigenvalue weighted by molar-refractivity contribution is 1.15. The third-order valence-electron chi connectivity index (χ3n) is 1.81. The van der Waals surface area contributed by atoms with Crippen LogP contribution in [0.15, 0.2) is 28.7 Å². The number of rotatable bonds is 2. The second kappa shape index (κ2) is 4.15. The van der Waals surface area contributed by atoms with Gasteiger partial charge in [0.2, 0.25) is 0 Å². The topological polar surface area (TPSA) is 12.0 Å². The Bertz CT molecular complexity index is 260. The van der Waals surface area contributed by atoms with Gasteiger partial charge in [-0.15, -0.1) is 12.4 Å². The van der Waals surface area contributed by atoms with Crippen molar-refractivity contribution in [2.75, 3.05) is 5.32 Å². The Morgan fingerprint density at radius 3 is 2.50 bits per heavy atom. The number of hydrogen-bond acceptors (Lipinski definition) is 1. The van der Waals surface area contributed by atoms with E-state index >= 15 is 0 Å².